The van der Waals surface area contributed by atoms with Crippen LogP contribution in [0.25, 0.3) is 0 Å². The number of halogens is 2. The monoisotopic (exact) mass is 249 g/mol. The molecule has 0 fully saturated rings. The molecule has 2 aromatic rings. The first-order valence-electron chi connectivity index (χ1n) is 5.35. The maximum atomic E-state index is 13.9. The van der Waals surface area contributed by atoms with E-state index in [0.717, 1.165) is 5.56 Å². The molecule has 17 heavy (non-hydrogen) atoms. The van der Waals surface area contributed by atoms with Crippen molar-refractivity contribution in [3.05, 3.63) is 70.0 Å². The molecule has 1 nitrogen and oxygen atoms in total. The van der Waals surface area contributed by atoms with Gasteiger partial charge in [0, 0.05) is 10.6 Å². The highest BCUT2D eigenvalue weighted by atomic mass is 35.5. The van der Waals surface area contributed by atoms with Crippen molar-refractivity contribution in [3.8, 4) is 0 Å². The molecule has 88 valence electrons. The van der Waals surface area contributed by atoms with E-state index in [0.29, 0.717) is 16.1 Å². The minimum absolute atomic E-state index is 0.241. The Morgan fingerprint density at radius 2 is 1.76 bits per heavy atom. The second-order valence-electron chi connectivity index (χ2n) is 4.01. The lowest BCUT2D eigenvalue weighted by Gasteiger charge is -2.14. The molecule has 0 heterocycles. The highest BCUT2D eigenvalue weighted by molar-refractivity contribution is 6.30. The molecular formula is C14H13ClFN. The van der Waals surface area contributed by atoms with E-state index >= 15 is 0 Å². The Hall–Kier alpha value is -1.38. The zero-order chi connectivity index (χ0) is 12.4. The van der Waals surface area contributed by atoms with Crippen LogP contribution in [0.5, 0.6) is 0 Å². The highest BCUT2D eigenvalue weighted by Gasteiger charge is 2.14. The second kappa shape index (κ2) is 4.86. The molecule has 1 atom stereocenters. The van der Waals surface area contributed by atoms with Crippen LogP contribution in [-0.4, -0.2) is 0 Å². The van der Waals surface area contributed by atoms with Crippen molar-refractivity contribution in [2.45, 2.75) is 13.0 Å². The van der Waals surface area contributed by atoms with E-state index in [4.69, 9.17) is 17.3 Å². The standard InChI is InChI=1S/C14H13ClFN/c1-9-3-2-4-12(13(9)16)14(17)10-5-7-11(15)8-6-10/h2-8,14H,17H2,1H3. The summed E-state index contributed by atoms with van der Waals surface area (Å²) >= 11 is 5.80. The van der Waals surface area contributed by atoms with Crippen molar-refractivity contribution in [2.75, 3.05) is 0 Å². The fraction of sp³-hybridized carbons (Fsp3) is 0.143. The molecule has 1 unspecified atom stereocenters. The quantitative estimate of drug-likeness (QED) is 0.860. The van der Waals surface area contributed by atoms with Gasteiger partial charge >= 0.3 is 0 Å². The van der Waals surface area contributed by atoms with E-state index in [1.54, 1.807) is 31.2 Å². The number of nitrogens with two attached hydrogens (primary N) is 1. The Labute approximate surface area is 105 Å². The lowest BCUT2D eigenvalue weighted by atomic mass is 9.97. The van der Waals surface area contributed by atoms with Crippen LogP contribution in [0.4, 0.5) is 4.39 Å². The van der Waals surface area contributed by atoms with E-state index in [1.165, 1.54) is 0 Å². The van der Waals surface area contributed by atoms with Gasteiger partial charge in [-0.05, 0) is 30.2 Å². The van der Waals surface area contributed by atoms with E-state index in [-0.39, 0.29) is 5.82 Å². The number of aryl methyl sites for hydroxylation is 1. The zero-order valence-corrected chi connectivity index (χ0v) is 10.2. The third-order valence-electron chi connectivity index (χ3n) is 2.79. The van der Waals surface area contributed by atoms with Gasteiger partial charge in [0.1, 0.15) is 5.82 Å². The minimum Gasteiger partial charge on any atom is -0.320 e. The first kappa shape index (κ1) is 12.1. The maximum Gasteiger partial charge on any atom is 0.131 e. The third-order valence-corrected chi connectivity index (χ3v) is 3.04. The molecule has 0 radical (unpaired) electrons. The van der Waals surface area contributed by atoms with Gasteiger partial charge in [-0.25, -0.2) is 4.39 Å². The van der Waals surface area contributed by atoms with E-state index in [9.17, 15) is 4.39 Å². The average Bonchev–Trinajstić information content (AvgIpc) is 2.33. The lowest BCUT2D eigenvalue weighted by Crippen LogP contribution is -2.14. The molecule has 0 aliphatic carbocycles. The molecule has 0 amide bonds. The molecule has 2 N–H and O–H groups in total. The van der Waals surface area contributed by atoms with Gasteiger partial charge in [-0.1, -0.05) is 41.9 Å². The Morgan fingerprint density at radius 1 is 1.12 bits per heavy atom. The summed E-state index contributed by atoms with van der Waals surface area (Å²) < 4.78 is 13.9. The van der Waals surface area contributed by atoms with Crippen molar-refractivity contribution in [1.29, 1.82) is 0 Å². The molecule has 0 saturated heterocycles. The van der Waals surface area contributed by atoms with Crippen molar-refractivity contribution in [1.82, 2.24) is 0 Å². The summed E-state index contributed by atoms with van der Waals surface area (Å²) in [6, 6.07) is 11.9. The maximum absolute atomic E-state index is 13.9. The molecule has 0 aliphatic rings. The van der Waals surface area contributed by atoms with Gasteiger partial charge in [0.2, 0.25) is 0 Å². The number of benzene rings is 2. The van der Waals surface area contributed by atoms with Crippen LogP contribution in [0.15, 0.2) is 42.5 Å². The van der Waals surface area contributed by atoms with Gasteiger partial charge in [-0.15, -0.1) is 0 Å². The van der Waals surface area contributed by atoms with Crippen LogP contribution in [0.2, 0.25) is 5.02 Å². The molecule has 2 rings (SSSR count). The normalized spacial score (nSPS) is 12.5. The first-order chi connectivity index (χ1) is 8.09. The SMILES string of the molecule is Cc1cccc(C(N)c2ccc(Cl)cc2)c1F. The predicted octanol–water partition coefficient (Wildman–Crippen LogP) is 3.84. The van der Waals surface area contributed by atoms with Gasteiger partial charge in [0.15, 0.2) is 0 Å². The molecule has 0 bridgehead atoms. The summed E-state index contributed by atoms with van der Waals surface area (Å²) in [5, 5.41) is 0.644. The second-order valence-corrected chi connectivity index (χ2v) is 4.44. The van der Waals surface area contributed by atoms with Gasteiger partial charge < -0.3 is 5.73 Å². The van der Waals surface area contributed by atoms with Crippen molar-refractivity contribution in [3.63, 3.8) is 0 Å². The van der Waals surface area contributed by atoms with Crippen molar-refractivity contribution >= 4 is 11.6 Å². The van der Waals surface area contributed by atoms with E-state index in [1.807, 2.05) is 18.2 Å². The van der Waals surface area contributed by atoms with Crippen molar-refractivity contribution in [2.24, 2.45) is 5.73 Å². The first-order valence-corrected chi connectivity index (χ1v) is 5.73. The number of rotatable bonds is 2. The minimum atomic E-state index is -0.466. The highest BCUT2D eigenvalue weighted by Crippen LogP contribution is 2.24. The Bertz CT molecular complexity index is 522. The van der Waals surface area contributed by atoms with E-state index in [2.05, 4.69) is 0 Å². The van der Waals surface area contributed by atoms with Gasteiger partial charge in [-0.3, -0.25) is 0 Å². The van der Waals surface area contributed by atoms with Crippen LogP contribution in [0.1, 0.15) is 22.7 Å². The molecule has 2 aromatic carbocycles. The summed E-state index contributed by atoms with van der Waals surface area (Å²) in [6.07, 6.45) is 0. The largest absolute Gasteiger partial charge is 0.320 e. The topological polar surface area (TPSA) is 26.0 Å². The van der Waals surface area contributed by atoms with Gasteiger partial charge in [0.05, 0.1) is 6.04 Å². The van der Waals surface area contributed by atoms with Crippen LogP contribution >= 0.6 is 11.6 Å². The molecule has 0 aromatic heterocycles. The summed E-state index contributed by atoms with van der Waals surface area (Å²) in [6.45, 7) is 1.73. The molecule has 0 spiro atoms. The lowest BCUT2D eigenvalue weighted by molar-refractivity contribution is 0.591. The fourth-order valence-electron chi connectivity index (χ4n) is 1.76. The molecular weight excluding hydrogens is 237 g/mol. The summed E-state index contributed by atoms with van der Waals surface area (Å²) in [5.41, 5.74) is 8.01. The molecule has 3 heteroatoms. The van der Waals surface area contributed by atoms with Gasteiger partial charge in [-0.2, -0.15) is 0 Å². The Morgan fingerprint density at radius 3 is 2.41 bits per heavy atom. The summed E-state index contributed by atoms with van der Waals surface area (Å²) in [7, 11) is 0. The van der Waals surface area contributed by atoms with Gasteiger partial charge in [0.25, 0.3) is 0 Å². The molecule has 0 aliphatic heterocycles. The Kier molecular flexibility index (Phi) is 3.46. The zero-order valence-electron chi connectivity index (χ0n) is 9.45. The number of hydrogen-bond donors (Lipinski definition) is 1. The predicted molar refractivity (Wildman–Crippen MR) is 68.6 cm³/mol. The third kappa shape index (κ3) is 2.48. The Balaban J connectivity index is 2.40. The number of hydrogen-bond acceptors (Lipinski definition) is 1. The summed E-state index contributed by atoms with van der Waals surface area (Å²) in [4.78, 5) is 0. The average molecular weight is 250 g/mol. The fourth-order valence-corrected chi connectivity index (χ4v) is 1.89. The van der Waals surface area contributed by atoms with E-state index < -0.39 is 6.04 Å². The molecule has 0 saturated carbocycles. The summed E-state index contributed by atoms with van der Waals surface area (Å²) in [5.74, 6) is -0.241. The van der Waals surface area contributed by atoms with Crippen LogP contribution in [-0.2, 0) is 0 Å². The van der Waals surface area contributed by atoms with Crippen LogP contribution in [0, 0.1) is 12.7 Å². The smallest absolute Gasteiger partial charge is 0.131 e. The van der Waals surface area contributed by atoms with Crippen LogP contribution < -0.4 is 5.73 Å². The van der Waals surface area contributed by atoms with Crippen molar-refractivity contribution < 1.29 is 4.39 Å². The van der Waals surface area contributed by atoms with Crippen LogP contribution in [0.3, 0.4) is 0 Å².